The van der Waals surface area contributed by atoms with E-state index in [0.717, 1.165) is 25.8 Å². The molecule has 0 bridgehead atoms. The van der Waals surface area contributed by atoms with Crippen molar-refractivity contribution in [2.75, 3.05) is 16.6 Å². The zero-order chi connectivity index (χ0) is 14.6. The Bertz CT molecular complexity index is 582. The second kappa shape index (κ2) is 6.21. The molecular weight excluding hydrogens is 280 g/mol. The zero-order valence-electron chi connectivity index (χ0n) is 10.9. The molecule has 20 heavy (non-hydrogen) atoms. The summed E-state index contributed by atoms with van der Waals surface area (Å²) in [5.41, 5.74) is 0.831. The number of piperidine rings is 1. The van der Waals surface area contributed by atoms with Crippen LogP contribution in [0.3, 0.4) is 0 Å². The first-order valence-corrected chi connectivity index (χ1v) is 7.93. The van der Waals surface area contributed by atoms with E-state index in [0.29, 0.717) is 11.4 Å². The second-order valence-electron chi connectivity index (χ2n) is 4.72. The summed E-state index contributed by atoms with van der Waals surface area (Å²) in [5.74, 6) is -0.113. The van der Waals surface area contributed by atoms with Gasteiger partial charge < -0.3 is 10.6 Å². The molecule has 0 spiro atoms. The molecule has 8 heteroatoms. The van der Waals surface area contributed by atoms with E-state index < -0.39 is 10.2 Å². The second-order valence-corrected chi connectivity index (χ2v) is 6.01. The predicted molar refractivity (Wildman–Crippen MR) is 77.4 cm³/mol. The first kappa shape index (κ1) is 14.8. The maximum absolute atomic E-state index is 12.0. The Morgan fingerprint density at radius 1 is 1.30 bits per heavy atom. The molecule has 1 aromatic rings. The number of benzene rings is 1. The first-order valence-electron chi connectivity index (χ1n) is 6.39. The quantitative estimate of drug-likeness (QED) is 0.643. The molecule has 1 atom stereocenters. The largest absolute Gasteiger partial charge is 0.325 e. The average molecular weight is 298 g/mol. The predicted octanol–water partition coefficient (Wildman–Crippen LogP) is 0.383. The van der Waals surface area contributed by atoms with Crippen LogP contribution < -0.4 is 20.5 Å². The number of hydrogen-bond donors (Lipinski definition) is 4. The van der Waals surface area contributed by atoms with Crippen LogP contribution in [0.5, 0.6) is 0 Å². The van der Waals surface area contributed by atoms with Gasteiger partial charge in [0.05, 0.1) is 11.7 Å². The minimum atomic E-state index is -3.82. The molecule has 1 aliphatic heterocycles. The normalized spacial score (nSPS) is 19.4. The molecule has 1 fully saturated rings. The van der Waals surface area contributed by atoms with Gasteiger partial charge in [-0.1, -0.05) is 12.5 Å². The van der Waals surface area contributed by atoms with Gasteiger partial charge in [-0.3, -0.25) is 9.52 Å². The third-order valence-corrected chi connectivity index (χ3v) is 3.54. The molecule has 1 saturated heterocycles. The van der Waals surface area contributed by atoms with Crippen molar-refractivity contribution in [1.82, 2.24) is 5.32 Å². The van der Waals surface area contributed by atoms with Gasteiger partial charge in [-0.15, -0.1) is 0 Å². The van der Waals surface area contributed by atoms with Crippen molar-refractivity contribution >= 4 is 27.5 Å². The van der Waals surface area contributed by atoms with Gasteiger partial charge in [-0.05, 0) is 37.6 Å². The van der Waals surface area contributed by atoms with Crippen molar-refractivity contribution in [3.63, 3.8) is 0 Å². The number of hydrogen-bond acceptors (Lipinski definition) is 4. The molecule has 1 aliphatic rings. The van der Waals surface area contributed by atoms with Crippen LogP contribution in [0.4, 0.5) is 11.4 Å². The van der Waals surface area contributed by atoms with Crippen LogP contribution in [-0.2, 0) is 15.0 Å². The lowest BCUT2D eigenvalue weighted by Crippen LogP contribution is -2.43. The van der Waals surface area contributed by atoms with Crippen LogP contribution in [0.1, 0.15) is 19.3 Å². The molecule has 0 saturated carbocycles. The van der Waals surface area contributed by atoms with Crippen LogP contribution in [0.15, 0.2) is 24.3 Å². The fourth-order valence-electron chi connectivity index (χ4n) is 2.13. The maximum atomic E-state index is 12.0. The van der Waals surface area contributed by atoms with Crippen molar-refractivity contribution in [1.29, 1.82) is 0 Å². The first-order chi connectivity index (χ1) is 9.44. The zero-order valence-corrected chi connectivity index (χ0v) is 11.7. The summed E-state index contributed by atoms with van der Waals surface area (Å²) in [4.78, 5) is 12.0. The summed E-state index contributed by atoms with van der Waals surface area (Å²) in [5, 5.41) is 10.8. The number of nitrogens with one attached hydrogen (secondary N) is 3. The van der Waals surface area contributed by atoms with Gasteiger partial charge in [-0.2, -0.15) is 8.42 Å². The van der Waals surface area contributed by atoms with Crippen molar-refractivity contribution in [3.8, 4) is 0 Å². The Hall–Kier alpha value is -1.64. The van der Waals surface area contributed by atoms with E-state index in [2.05, 4.69) is 15.4 Å². The third kappa shape index (κ3) is 4.48. The molecule has 1 heterocycles. The van der Waals surface area contributed by atoms with E-state index >= 15 is 0 Å². The standard InChI is InChI=1S/C12H18N4O3S/c13-20(18,19)16-10-5-3-4-9(8-10)15-12(17)11-6-1-2-7-14-11/h3-5,8,11,14,16H,1-2,6-7H2,(H,15,17)(H2,13,18,19)/t11-/m1/s1. The van der Waals surface area contributed by atoms with Gasteiger partial charge in [0, 0.05) is 5.69 Å². The molecule has 2 rings (SSSR count). The van der Waals surface area contributed by atoms with E-state index in [-0.39, 0.29) is 11.9 Å². The average Bonchev–Trinajstić information content (AvgIpc) is 2.38. The summed E-state index contributed by atoms with van der Waals surface area (Å²) >= 11 is 0. The van der Waals surface area contributed by atoms with Crippen LogP contribution in [0.25, 0.3) is 0 Å². The van der Waals surface area contributed by atoms with Crippen molar-refractivity contribution in [2.45, 2.75) is 25.3 Å². The Morgan fingerprint density at radius 2 is 2.05 bits per heavy atom. The molecule has 0 radical (unpaired) electrons. The van der Waals surface area contributed by atoms with Gasteiger partial charge in [-0.25, -0.2) is 5.14 Å². The number of nitrogens with two attached hydrogens (primary N) is 1. The third-order valence-electron chi connectivity index (χ3n) is 3.02. The molecule has 0 unspecified atom stereocenters. The number of amides is 1. The highest BCUT2D eigenvalue weighted by molar-refractivity contribution is 7.90. The number of anilines is 2. The molecule has 1 aromatic carbocycles. The Morgan fingerprint density at radius 3 is 2.70 bits per heavy atom. The fraction of sp³-hybridized carbons (Fsp3) is 0.417. The summed E-state index contributed by atoms with van der Waals surface area (Å²) in [6.45, 7) is 0.838. The number of carbonyl (C=O) groups excluding carboxylic acids is 1. The summed E-state index contributed by atoms with van der Waals surface area (Å²) in [6, 6.07) is 6.20. The molecule has 5 N–H and O–H groups in total. The summed E-state index contributed by atoms with van der Waals surface area (Å²) < 4.78 is 24.1. The minimum Gasteiger partial charge on any atom is -0.325 e. The summed E-state index contributed by atoms with van der Waals surface area (Å²) in [6.07, 6.45) is 2.91. The Labute approximate surface area is 118 Å². The highest BCUT2D eigenvalue weighted by Crippen LogP contribution is 2.17. The highest BCUT2D eigenvalue weighted by atomic mass is 32.2. The van der Waals surface area contributed by atoms with Crippen molar-refractivity contribution < 1.29 is 13.2 Å². The van der Waals surface area contributed by atoms with E-state index in [4.69, 9.17) is 5.14 Å². The van der Waals surface area contributed by atoms with Crippen LogP contribution in [0, 0.1) is 0 Å². The molecule has 1 amide bonds. The molecule has 7 nitrogen and oxygen atoms in total. The fourth-order valence-corrected chi connectivity index (χ4v) is 2.59. The van der Waals surface area contributed by atoms with Crippen LogP contribution in [0.2, 0.25) is 0 Å². The van der Waals surface area contributed by atoms with Gasteiger partial charge in [0.2, 0.25) is 5.91 Å². The number of carbonyl (C=O) groups is 1. The lowest BCUT2D eigenvalue weighted by atomic mass is 10.0. The van der Waals surface area contributed by atoms with Crippen LogP contribution >= 0.6 is 0 Å². The number of rotatable bonds is 4. The minimum absolute atomic E-state index is 0.113. The Balaban J connectivity index is 2.02. The topological polar surface area (TPSA) is 113 Å². The molecular formula is C12H18N4O3S. The van der Waals surface area contributed by atoms with Gasteiger partial charge in [0.15, 0.2) is 0 Å². The van der Waals surface area contributed by atoms with E-state index in [1.165, 1.54) is 6.07 Å². The van der Waals surface area contributed by atoms with Crippen LogP contribution in [-0.4, -0.2) is 26.9 Å². The lowest BCUT2D eigenvalue weighted by molar-refractivity contribution is -0.118. The SMILES string of the molecule is NS(=O)(=O)Nc1cccc(NC(=O)[C@H]2CCCCN2)c1. The van der Waals surface area contributed by atoms with Crippen molar-refractivity contribution in [2.24, 2.45) is 5.14 Å². The summed E-state index contributed by atoms with van der Waals surface area (Å²) in [7, 11) is -3.82. The highest BCUT2D eigenvalue weighted by Gasteiger charge is 2.20. The van der Waals surface area contributed by atoms with Gasteiger partial charge in [0.1, 0.15) is 0 Å². The van der Waals surface area contributed by atoms with E-state index in [1.54, 1.807) is 18.2 Å². The van der Waals surface area contributed by atoms with E-state index in [1.807, 2.05) is 0 Å². The smallest absolute Gasteiger partial charge is 0.296 e. The maximum Gasteiger partial charge on any atom is 0.296 e. The molecule has 110 valence electrons. The van der Waals surface area contributed by atoms with Crippen molar-refractivity contribution in [3.05, 3.63) is 24.3 Å². The van der Waals surface area contributed by atoms with E-state index in [9.17, 15) is 13.2 Å². The van der Waals surface area contributed by atoms with Gasteiger partial charge in [0.25, 0.3) is 10.2 Å². The van der Waals surface area contributed by atoms with Gasteiger partial charge >= 0.3 is 0 Å². The Kier molecular flexibility index (Phi) is 4.58. The molecule has 0 aliphatic carbocycles. The molecule has 0 aromatic heterocycles. The lowest BCUT2D eigenvalue weighted by Gasteiger charge is -2.22. The monoisotopic (exact) mass is 298 g/mol.